The largest absolute Gasteiger partial charge is 0.497 e. The first-order valence-electron chi connectivity index (χ1n) is 9.04. The van der Waals surface area contributed by atoms with Crippen LogP contribution in [0.25, 0.3) is 0 Å². The molecule has 1 heterocycles. The van der Waals surface area contributed by atoms with Crippen LogP contribution in [0.4, 0.5) is 24.5 Å². The standard InChI is InChI=1S/C21H21F3N2O3/c1-12-5-4-6-13(2)19(12)26-11-14(7-18(26)27)20(28)25-16-8-15(21(22,23)24)9-17(10-16)29-3/h4-6,8-10,14H,7,11H2,1-3H3,(H,25,28). The Morgan fingerprint density at radius 2 is 1.83 bits per heavy atom. The highest BCUT2D eigenvalue weighted by Crippen LogP contribution is 2.35. The lowest BCUT2D eigenvalue weighted by atomic mass is 10.1. The molecule has 1 unspecified atom stereocenters. The third-order valence-electron chi connectivity index (χ3n) is 4.94. The second kappa shape index (κ2) is 7.77. The monoisotopic (exact) mass is 406 g/mol. The van der Waals surface area contributed by atoms with E-state index in [9.17, 15) is 22.8 Å². The van der Waals surface area contributed by atoms with Gasteiger partial charge in [-0.25, -0.2) is 0 Å². The van der Waals surface area contributed by atoms with Gasteiger partial charge in [0, 0.05) is 30.4 Å². The van der Waals surface area contributed by atoms with Gasteiger partial charge in [0.2, 0.25) is 11.8 Å². The first kappa shape index (κ1) is 20.7. The Morgan fingerprint density at radius 3 is 2.41 bits per heavy atom. The van der Waals surface area contributed by atoms with Gasteiger partial charge in [0.25, 0.3) is 0 Å². The van der Waals surface area contributed by atoms with Crippen LogP contribution in [-0.4, -0.2) is 25.5 Å². The summed E-state index contributed by atoms with van der Waals surface area (Å²) in [5.41, 5.74) is 1.66. The number of hydrogen-bond acceptors (Lipinski definition) is 3. The summed E-state index contributed by atoms with van der Waals surface area (Å²) in [7, 11) is 1.25. The Balaban J connectivity index is 1.80. The lowest BCUT2D eigenvalue weighted by Crippen LogP contribution is -2.29. The number of benzene rings is 2. The van der Waals surface area contributed by atoms with Crippen molar-refractivity contribution in [2.24, 2.45) is 5.92 Å². The van der Waals surface area contributed by atoms with Gasteiger partial charge in [-0.3, -0.25) is 9.59 Å². The maximum atomic E-state index is 13.1. The number of hydrogen-bond donors (Lipinski definition) is 1. The normalized spacial score (nSPS) is 16.8. The Morgan fingerprint density at radius 1 is 1.17 bits per heavy atom. The first-order valence-corrected chi connectivity index (χ1v) is 9.04. The fraction of sp³-hybridized carbons (Fsp3) is 0.333. The lowest BCUT2D eigenvalue weighted by molar-refractivity contribution is -0.137. The van der Waals surface area contributed by atoms with Gasteiger partial charge in [0.1, 0.15) is 5.75 Å². The van der Waals surface area contributed by atoms with Crippen LogP contribution >= 0.6 is 0 Å². The zero-order valence-corrected chi connectivity index (χ0v) is 16.3. The van der Waals surface area contributed by atoms with Crippen molar-refractivity contribution in [1.29, 1.82) is 0 Å². The summed E-state index contributed by atoms with van der Waals surface area (Å²) >= 11 is 0. The van der Waals surface area contributed by atoms with Crippen molar-refractivity contribution in [3.63, 3.8) is 0 Å². The Kier molecular flexibility index (Phi) is 5.55. The quantitative estimate of drug-likeness (QED) is 0.823. The van der Waals surface area contributed by atoms with E-state index >= 15 is 0 Å². The number of amides is 2. The molecule has 2 aromatic rings. The molecule has 29 heavy (non-hydrogen) atoms. The molecule has 1 fully saturated rings. The highest BCUT2D eigenvalue weighted by molar-refractivity contribution is 6.04. The minimum atomic E-state index is -4.57. The van der Waals surface area contributed by atoms with Crippen LogP contribution in [0, 0.1) is 19.8 Å². The van der Waals surface area contributed by atoms with Crippen molar-refractivity contribution in [3.8, 4) is 5.75 Å². The van der Waals surface area contributed by atoms with Crippen molar-refractivity contribution in [1.82, 2.24) is 0 Å². The van der Waals surface area contributed by atoms with Gasteiger partial charge in [-0.05, 0) is 37.1 Å². The third kappa shape index (κ3) is 4.36. The molecule has 2 amide bonds. The molecule has 154 valence electrons. The van der Waals surface area contributed by atoms with Crippen molar-refractivity contribution in [2.75, 3.05) is 23.9 Å². The van der Waals surface area contributed by atoms with Gasteiger partial charge in [0.15, 0.2) is 0 Å². The summed E-state index contributed by atoms with van der Waals surface area (Å²) in [6.07, 6.45) is -4.58. The van der Waals surface area contributed by atoms with Gasteiger partial charge in [0.05, 0.1) is 18.6 Å². The van der Waals surface area contributed by atoms with Crippen LogP contribution < -0.4 is 15.0 Å². The van der Waals surface area contributed by atoms with Gasteiger partial charge < -0.3 is 15.0 Å². The summed E-state index contributed by atoms with van der Waals surface area (Å²) in [6.45, 7) is 3.95. The fourth-order valence-electron chi connectivity index (χ4n) is 3.53. The molecule has 0 spiro atoms. The molecule has 0 radical (unpaired) electrons. The van der Waals surface area contributed by atoms with E-state index in [4.69, 9.17) is 4.74 Å². The molecular weight excluding hydrogens is 385 g/mol. The number of ether oxygens (including phenoxy) is 1. The number of carbonyl (C=O) groups is 2. The summed E-state index contributed by atoms with van der Waals surface area (Å²) in [4.78, 5) is 26.7. The van der Waals surface area contributed by atoms with Gasteiger partial charge >= 0.3 is 6.18 Å². The molecular formula is C21H21F3N2O3. The zero-order valence-electron chi connectivity index (χ0n) is 16.3. The summed E-state index contributed by atoms with van der Waals surface area (Å²) < 4.78 is 44.1. The maximum absolute atomic E-state index is 13.1. The molecule has 0 bridgehead atoms. The van der Waals surface area contributed by atoms with Gasteiger partial charge in [-0.15, -0.1) is 0 Å². The highest BCUT2D eigenvalue weighted by atomic mass is 19.4. The van der Waals surface area contributed by atoms with Crippen molar-refractivity contribution >= 4 is 23.2 Å². The van der Waals surface area contributed by atoms with E-state index in [1.807, 2.05) is 32.0 Å². The summed E-state index contributed by atoms with van der Waals surface area (Å²) in [5.74, 6) is -1.38. The van der Waals surface area contributed by atoms with E-state index in [0.717, 1.165) is 28.9 Å². The van der Waals surface area contributed by atoms with E-state index in [2.05, 4.69) is 5.32 Å². The maximum Gasteiger partial charge on any atom is 0.416 e. The fourth-order valence-corrected chi connectivity index (χ4v) is 3.53. The Hall–Kier alpha value is -3.03. The topological polar surface area (TPSA) is 58.6 Å². The molecule has 3 rings (SSSR count). The number of para-hydroxylation sites is 1. The second-order valence-corrected chi connectivity index (χ2v) is 7.08. The van der Waals surface area contributed by atoms with Crippen LogP contribution in [0.15, 0.2) is 36.4 Å². The number of aryl methyl sites for hydroxylation is 2. The molecule has 0 aromatic heterocycles. The predicted molar refractivity (Wildman–Crippen MR) is 103 cm³/mol. The van der Waals surface area contributed by atoms with Gasteiger partial charge in [-0.1, -0.05) is 18.2 Å². The molecule has 1 N–H and O–H groups in total. The number of alkyl halides is 3. The average molecular weight is 406 g/mol. The molecule has 2 aromatic carbocycles. The molecule has 5 nitrogen and oxygen atoms in total. The van der Waals surface area contributed by atoms with E-state index in [0.29, 0.717) is 0 Å². The molecule has 1 aliphatic heterocycles. The number of nitrogens with zero attached hydrogens (tertiary/aromatic N) is 1. The summed E-state index contributed by atoms with van der Waals surface area (Å²) in [6, 6.07) is 8.68. The SMILES string of the molecule is COc1cc(NC(=O)C2CC(=O)N(c3c(C)cccc3C)C2)cc(C(F)(F)F)c1. The number of carbonyl (C=O) groups excluding carboxylic acids is 2. The third-order valence-corrected chi connectivity index (χ3v) is 4.94. The summed E-state index contributed by atoms with van der Waals surface area (Å²) in [5, 5.41) is 2.50. The Bertz CT molecular complexity index is 936. The first-order chi connectivity index (χ1) is 13.6. The number of methoxy groups -OCH3 is 1. The number of anilines is 2. The van der Waals surface area contributed by atoms with Crippen molar-refractivity contribution in [2.45, 2.75) is 26.4 Å². The van der Waals surface area contributed by atoms with Crippen LogP contribution in [0.5, 0.6) is 5.75 Å². The Labute approximate surface area is 166 Å². The molecule has 8 heteroatoms. The second-order valence-electron chi connectivity index (χ2n) is 7.08. The van der Waals surface area contributed by atoms with Crippen LogP contribution in [0.3, 0.4) is 0 Å². The molecule has 1 saturated heterocycles. The number of rotatable bonds is 4. The molecule has 1 atom stereocenters. The average Bonchev–Trinajstić information content (AvgIpc) is 3.02. The molecule has 0 aliphatic carbocycles. The van der Waals surface area contributed by atoms with Crippen LogP contribution in [0.2, 0.25) is 0 Å². The number of halogens is 3. The van der Waals surface area contributed by atoms with E-state index in [1.54, 1.807) is 4.90 Å². The minimum Gasteiger partial charge on any atom is -0.497 e. The number of nitrogens with one attached hydrogen (secondary N) is 1. The van der Waals surface area contributed by atoms with Crippen molar-refractivity contribution in [3.05, 3.63) is 53.1 Å². The molecule has 0 saturated carbocycles. The van der Waals surface area contributed by atoms with Crippen LogP contribution in [0.1, 0.15) is 23.1 Å². The van der Waals surface area contributed by atoms with Crippen molar-refractivity contribution < 1.29 is 27.5 Å². The van der Waals surface area contributed by atoms with E-state index in [1.165, 1.54) is 13.2 Å². The predicted octanol–water partition coefficient (Wildman–Crippen LogP) is 4.32. The van der Waals surface area contributed by atoms with Crippen LogP contribution in [-0.2, 0) is 15.8 Å². The van der Waals surface area contributed by atoms with E-state index in [-0.39, 0.29) is 30.3 Å². The lowest BCUT2D eigenvalue weighted by Gasteiger charge is -2.21. The van der Waals surface area contributed by atoms with Gasteiger partial charge in [-0.2, -0.15) is 13.2 Å². The minimum absolute atomic E-state index is 0.00426. The highest BCUT2D eigenvalue weighted by Gasteiger charge is 2.37. The smallest absolute Gasteiger partial charge is 0.416 e. The molecule has 1 aliphatic rings. The van der Waals surface area contributed by atoms with E-state index < -0.39 is 23.6 Å². The zero-order chi connectivity index (χ0) is 21.3.